The second-order valence-corrected chi connectivity index (χ2v) is 10.1. The van der Waals surface area contributed by atoms with Gasteiger partial charge < -0.3 is 21.1 Å². The van der Waals surface area contributed by atoms with E-state index in [0.717, 1.165) is 18.4 Å². The van der Waals surface area contributed by atoms with Gasteiger partial charge in [-0.2, -0.15) is 9.98 Å². The molecular formula is C25H29N7O4S. The van der Waals surface area contributed by atoms with Crippen LogP contribution in [0.4, 0.5) is 5.82 Å². The van der Waals surface area contributed by atoms with Crippen LogP contribution in [-0.4, -0.2) is 47.4 Å². The fourth-order valence-corrected chi connectivity index (χ4v) is 3.52. The van der Waals surface area contributed by atoms with E-state index in [1.54, 1.807) is 18.5 Å². The average molecular weight is 524 g/mol. The number of carbonyl (C=O) groups is 1. The van der Waals surface area contributed by atoms with Crippen molar-refractivity contribution in [3.63, 3.8) is 0 Å². The van der Waals surface area contributed by atoms with E-state index in [2.05, 4.69) is 30.6 Å². The van der Waals surface area contributed by atoms with Crippen molar-refractivity contribution in [3.05, 3.63) is 78.5 Å². The summed E-state index contributed by atoms with van der Waals surface area (Å²) in [6.45, 7) is 4.45. The standard InChI is InChI=1S/C25H29N7O4S/c1-4-17(2)29-22-15-23(36-19-8-10-20(11-9-19)37(3,34)35)32-24(31-22)25(33)30-21(26)12-14-27-16-18-7-5-6-13-28-18/h5-15,17,27H,4,16H2,1-3H3,(H2,26,30,33)(H,29,31,32)/b14-12-. The third kappa shape index (κ3) is 8.69. The summed E-state index contributed by atoms with van der Waals surface area (Å²) in [5.74, 6) is -0.217. The molecule has 4 N–H and O–H groups in total. The van der Waals surface area contributed by atoms with Crippen LogP contribution in [0.5, 0.6) is 11.6 Å². The predicted octanol–water partition coefficient (Wildman–Crippen LogP) is 3.08. The molecule has 0 bridgehead atoms. The maximum Gasteiger partial charge on any atom is 0.316 e. The number of aromatic nitrogens is 3. The van der Waals surface area contributed by atoms with Gasteiger partial charge in [-0.15, -0.1) is 0 Å². The van der Waals surface area contributed by atoms with Crippen LogP contribution < -0.4 is 21.1 Å². The Labute approximate surface area is 215 Å². The molecule has 0 saturated heterocycles. The smallest absolute Gasteiger partial charge is 0.316 e. The van der Waals surface area contributed by atoms with Crippen LogP contribution in [0.3, 0.4) is 0 Å². The number of nitrogens with two attached hydrogens (primary N) is 1. The monoisotopic (exact) mass is 523 g/mol. The molecule has 0 aliphatic carbocycles. The molecule has 1 aromatic carbocycles. The van der Waals surface area contributed by atoms with Gasteiger partial charge in [0, 0.05) is 30.8 Å². The van der Waals surface area contributed by atoms with Crippen molar-refractivity contribution in [2.75, 3.05) is 11.6 Å². The second-order valence-electron chi connectivity index (χ2n) is 8.09. The summed E-state index contributed by atoms with van der Waals surface area (Å²) < 4.78 is 29.2. The second kappa shape index (κ2) is 12.6. The topological polar surface area (TPSA) is 162 Å². The number of ether oxygens (including phenoxy) is 1. The zero-order valence-electron chi connectivity index (χ0n) is 20.7. The highest BCUT2D eigenvalue weighted by molar-refractivity contribution is 7.90. The Hall–Kier alpha value is -4.32. The Morgan fingerprint density at radius 1 is 1.19 bits per heavy atom. The van der Waals surface area contributed by atoms with E-state index in [1.165, 1.54) is 30.3 Å². The predicted molar refractivity (Wildman–Crippen MR) is 141 cm³/mol. The van der Waals surface area contributed by atoms with Crippen LogP contribution in [-0.2, 0) is 16.4 Å². The summed E-state index contributed by atoms with van der Waals surface area (Å²) in [6, 6.07) is 13.1. The Balaban J connectivity index is 1.77. The molecule has 0 aliphatic rings. The SMILES string of the molecule is CCC(C)Nc1cc(Oc2ccc(S(C)(=O)=O)cc2)nc(C(=O)N=C(N)/C=C\NCc2ccccn2)n1. The van der Waals surface area contributed by atoms with Crippen molar-refractivity contribution >= 4 is 27.4 Å². The van der Waals surface area contributed by atoms with Crippen molar-refractivity contribution in [2.24, 2.45) is 10.7 Å². The number of anilines is 1. The van der Waals surface area contributed by atoms with E-state index in [9.17, 15) is 13.2 Å². The molecule has 2 aromatic heterocycles. The first-order valence-corrected chi connectivity index (χ1v) is 13.3. The number of aliphatic imine (C=N–C) groups is 1. The minimum Gasteiger partial charge on any atom is -0.439 e. The van der Waals surface area contributed by atoms with Crippen molar-refractivity contribution in [1.29, 1.82) is 0 Å². The molecule has 0 fully saturated rings. The number of carbonyl (C=O) groups excluding carboxylic acids is 1. The van der Waals surface area contributed by atoms with Crippen LogP contribution >= 0.6 is 0 Å². The number of amides is 1. The van der Waals surface area contributed by atoms with Crippen molar-refractivity contribution < 1.29 is 17.9 Å². The Kier molecular flexibility index (Phi) is 9.27. The largest absolute Gasteiger partial charge is 0.439 e. The highest BCUT2D eigenvalue weighted by atomic mass is 32.2. The zero-order valence-corrected chi connectivity index (χ0v) is 21.6. The number of pyridine rings is 1. The van der Waals surface area contributed by atoms with Gasteiger partial charge in [-0.25, -0.2) is 13.4 Å². The molecule has 1 unspecified atom stereocenters. The van der Waals surface area contributed by atoms with Crippen LogP contribution in [0.1, 0.15) is 36.6 Å². The Bertz CT molecular complexity index is 1380. The van der Waals surface area contributed by atoms with E-state index >= 15 is 0 Å². The van der Waals surface area contributed by atoms with Gasteiger partial charge in [-0.1, -0.05) is 13.0 Å². The fourth-order valence-electron chi connectivity index (χ4n) is 2.89. The summed E-state index contributed by atoms with van der Waals surface area (Å²) in [4.78, 5) is 29.4. The molecule has 0 saturated carbocycles. The number of amidine groups is 1. The van der Waals surface area contributed by atoms with E-state index in [0.29, 0.717) is 18.1 Å². The lowest BCUT2D eigenvalue weighted by Gasteiger charge is -2.14. The number of nitrogens with zero attached hydrogens (tertiary/aromatic N) is 4. The number of sulfone groups is 1. The van der Waals surface area contributed by atoms with Crippen LogP contribution in [0.25, 0.3) is 0 Å². The zero-order chi connectivity index (χ0) is 26.8. The molecule has 3 rings (SSSR count). The first kappa shape index (κ1) is 27.3. The van der Waals surface area contributed by atoms with Crippen LogP contribution in [0.15, 0.2) is 76.9 Å². The highest BCUT2D eigenvalue weighted by Gasteiger charge is 2.15. The van der Waals surface area contributed by atoms with Crippen molar-refractivity contribution in [1.82, 2.24) is 20.3 Å². The minimum atomic E-state index is -3.34. The number of rotatable bonds is 11. The fraction of sp³-hybridized carbons (Fsp3) is 0.240. The molecule has 1 atom stereocenters. The summed E-state index contributed by atoms with van der Waals surface area (Å²) >= 11 is 0. The van der Waals surface area contributed by atoms with E-state index < -0.39 is 15.7 Å². The summed E-state index contributed by atoms with van der Waals surface area (Å²) in [5.41, 5.74) is 6.72. The van der Waals surface area contributed by atoms with Gasteiger partial charge in [0.25, 0.3) is 0 Å². The number of hydrogen-bond acceptors (Lipinski definition) is 9. The lowest BCUT2D eigenvalue weighted by molar-refractivity contribution is 0.0992. The molecule has 0 spiro atoms. The van der Waals surface area contributed by atoms with E-state index in [-0.39, 0.29) is 28.5 Å². The quantitative estimate of drug-likeness (QED) is 0.251. The van der Waals surface area contributed by atoms with Crippen LogP contribution in [0, 0.1) is 0 Å². The first-order valence-electron chi connectivity index (χ1n) is 11.5. The van der Waals surface area contributed by atoms with E-state index in [1.807, 2.05) is 32.0 Å². The Morgan fingerprint density at radius 3 is 2.59 bits per heavy atom. The molecular weight excluding hydrogens is 494 g/mol. The minimum absolute atomic E-state index is 0.0405. The summed E-state index contributed by atoms with van der Waals surface area (Å²) in [7, 11) is -3.34. The number of hydrogen-bond donors (Lipinski definition) is 3. The van der Waals surface area contributed by atoms with Gasteiger partial charge >= 0.3 is 5.91 Å². The van der Waals surface area contributed by atoms with Crippen molar-refractivity contribution in [3.8, 4) is 11.6 Å². The lowest BCUT2D eigenvalue weighted by atomic mass is 10.2. The molecule has 0 aliphatic heterocycles. The maximum absolute atomic E-state index is 12.8. The van der Waals surface area contributed by atoms with Gasteiger partial charge in [-0.3, -0.25) is 9.78 Å². The molecule has 37 heavy (non-hydrogen) atoms. The molecule has 11 nitrogen and oxygen atoms in total. The molecule has 0 radical (unpaired) electrons. The van der Waals surface area contributed by atoms with Gasteiger partial charge in [-0.05, 0) is 55.8 Å². The van der Waals surface area contributed by atoms with Gasteiger partial charge in [0.2, 0.25) is 11.7 Å². The first-order chi connectivity index (χ1) is 17.6. The number of benzene rings is 1. The van der Waals surface area contributed by atoms with Gasteiger partial charge in [0.1, 0.15) is 17.4 Å². The van der Waals surface area contributed by atoms with Gasteiger partial charge in [0.15, 0.2) is 9.84 Å². The Morgan fingerprint density at radius 2 is 1.95 bits per heavy atom. The van der Waals surface area contributed by atoms with Crippen LogP contribution in [0.2, 0.25) is 0 Å². The lowest BCUT2D eigenvalue weighted by Crippen LogP contribution is -2.18. The third-order valence-corrected chi connectivity index (χ3v) is 6.12. The molecule has 3 aromatic rings. The molecule has 2 heterocycles. The van der Waals surface area contributed by atoms with Crippen molar-refractivity contribution in [2.45, 2.75) is 37.8 Å². The summed E-state index contributed by atoms with van der Waals surface area (Å²) in [5, 5.41) is 6.20. The van der Waals surface area contributed by atoms with Gasteiger partial charge in [0.05, 0.1) is 17.1 Å². The number of nitrogens with one attached hydrogen (secondary N) is 2. The third-order valence-electron chi connectivity index (χ3n) is 4.99. The molecule has 194 valence electrons. The normalized spacial score (nSPS) is 12.8. The summed E-state index contributed by atoms with van der Waals surface area (Å²) in [6.07, 6.45) is 6.65. The highest BCUT2D eigenvalue weighted by Crippen LogP contribution is 2.24. The molecule has 1 amide bonds. The average Bonchev–Trinajstić information content (AvgIpc) is 2.87. The maximum atomic E-state index is 12.8. The molecule has 12 heteroatoms. The van der Waals surface area contributed by atoms with E-state index in [4.69, 9.17) is 10.5 Å².